The minimum atomic E-state index is -0.410. The number of rotatable bonds is 8. The van der Waals surface area contributed by atoms with Crippen molar-refractivity contribution < 1.29 is 9.53 Å². The van der Waals surface area contributed by atoms with Gasteiger partial charge in [0.25, 0.3) is 0 Å². The lowest BCUT2D eigenvalue weighted by Crippen LogP contribution is -2.29. The Morgan fingerprint density at radius 1 is 1.15 bits per heavy atom. The van der Waals surface area contributed by atoms with Crippen LogP contribution in [0.5, 0.6) is 0 Å². The molecule has 1 aromatic heterocycles. The maximum Gasteiger partial charge on any atom is 0.407 e. The predicted molar refractivity (Wildman–Crippen MR) is 140 cm³/mol. The van der Waals surface area contributed by atoms with Crippen molar-refractivity contribution in [1.29, 1.82) is 0 Å². The van der Waals surface area contributed by atoms with E-state index in [0.29, 0.717) is 6.54 Å². The van der Waals surface area contributed by atoms with Crippen LogP contribution in [-0.2, 0) is 11.3 Å². The van der Waals surface area contributed by atoms with E-state index >= 15 is 0 Å². The van der Waals surface area contributed by atoms with Crippen LogP contribution in [0.4, 0.5) is 10.5 Å². The second-order valence-electron chi connectivity index (χ2n) is 8.95. The zero-order chi connectivity index (χ0) is 24.0. The number of carbonyl (C=O) groups is 1. The Kier molecular flexibility index (Phi) is 8.40. The quantitative estimate of drug-likeness (QED) is 0.315. The second kappa shape index (κ2) is 11.0. The van der Waals surface area contributed by atoms with Crippen molar-refractivity contribution >= 4 is 35.1 Å². The number of alkyl carbamates (subject to hydrolysis) is 1. The Morgan fingerprint density at radius 3 is 2.52 bits per heavy atom. The van der Waals surface area contributed by atoms with Gasteiger partial charge in [-0.1, -0.05) is 12.1 Å². The first-order valence-corrected chi connectivity index (χ1v) is 12.5. The van der Waals surface area contributed by atoms with E-state index in [-0.39, 0.29) is 11.6 Å². The van der Waals surface area contributed by atoms with Gasteiger partial charge in [0.05, 0.1) is 11.0 Å². The van der Waals surface area contributed by atoms with Crippen LogP contribution in [0.3, 0.4) is 0 Å². The molecule has 0 aliphatic carbocycles. The van der Waals surface area contributed by atoms with Crippen LogP contribution in [0.15, 0.2) is 53.6 Å². The van der Waals surface area contributed by atoms with Gasteiger partial charge in [-0.3, -0.25) is 4.72 Å². The second-order valence-corrected chi connectivity index (χ2v) is 10.8. The van der Waals surface area contributed by atoms with E-state index < -0.39 is 6.09 Å². The third-order valence-corrected chi connectivity index (χ3v) is 6.84. The lowest BCUT2D eigenvalue weighted by molar-refractivity contribution is 0.115. The van der Waals surface area contributed by atoms with Gasteiger partial charge in [-0.15, -0.1) is 11.3 Å². The van der Waals surface area contributed by atoms with Crippen LogP contribution in [0.25, 0.3) is 21.0 Å². The molecule has 0 bridgehead atoms. The van der Waals surface area contributed by atoms with Crippen LogP contribution in [0.1, 0.15) is 40.2 Å². The smallest absolute Gasteiger partial charge is 0.407 e. The molecule has 176 valence electrons. The van der Waals surface area contributed by atoms with Crippen LogP contribution >= 0.6 is 23.3 Å². The number of anilines is 1. The Labute approximate surface area is 204 Å². The van der Waals surface area contributed by atoms with Gasteiger partial charge < -0.3 is 15.4 Å². The number of thiazole rings is 1. The molecular weight excluding hydrogens is 452 g/mol. The first kappa shape index (κ1) is 25.1. The van der Waals surface area contributed by atoms with Crippen LogP contribution in [-0.4, -0.2) is 29.8 Å². The molecule has 3 N–H and O–H groups in total. The molecule has 0 aliphatic rings. The molecule has 0 fully saturated rings. The highest BCUT2D eigenvalue weighted by molar-refractivity contribution is 7.97. The summed E-state index contributed by atoms with van der Waals surface area (Å²) in [7, 11) is 1.91. The third-order valence-electron chi connectivity index (χ3n) is 4.48. The maximum absolute atomic E-state index is 11.9. The summed E-state index contributed by atoms with van der Waals surface area (Å²) in [5.41, 5.74) is 4.23. The molecule has 6 nitrogen and oxygen atoms in total. The molecule has 1 heterocycles. The van der Waals surface area contributed by atoms with E-state index in [1.54, 1.807) is 23.3 Å². The molecule has 2 aromatic carbocycles. The molecule has 0 spiro atoms. The fourth-order valence-electron chi connectivity index (χ4n) is 2.91. The van der Waals surface area contributed by atoms with Crippen molar-refractivity contribution in [3.8, 4) is 21.0 Å². The zero-order valence-electron chi connectivity index (χ0n) is 20.0. The highest BCUT2D eigenvalue weighted by Gasteiger charge is 2.16. The first-order chi connectivity index (χ1) is 15.6. The van der Waals surface area contributed by atoms with E-state index in [1.165, 1.54) is 0 Å². The number of hydrogen-bond donors (Lipinski definition) is 3. The van der Waals surface area contributed by atoms with Gasteiger partial charge in [-0.05, 0) is 82.5 Å². The van der Waals surface area contributed by atoms with Crippen molar-refractivity contribution in [2.45, 2.75) is 57.7 Å². The number of carbonyl (C=O) groups excluding carboxylic acids is 1. The largest absolute Gasteiger partial charge is 0.447 e. The third kappa shape index (κ3) is 7.48. The molecule has 8 heteroatoms. The number of benzene rings is 2. The number of amides is 1. The normalized spacial score (nSPS) is 11.5. The van der Waals surface area contributed by atoms with E-state index in [0.717, 1.165) is 37.2 Å². The van der Waals surface area contributed by atoms with Gasteiger partial charge >= 0.3 is 6.09 Å². The molecule has 0 saturated carbocycles. The summed E-state index contributed by atoms with van der Waals surface area (Å²) in [5, 5.41) is 6.94. The lowest BCUT2D eigenvalue weighted by atomic mass is 10.1. The van der Waals surface area contributed by atoms with E-state index in [2.05, 4.69) is 77.5 Å². The van der Waals surface area contributed by atoms with Gasteiger partial charge in [0.1, 0.15) is 5.01 Å². The number of aromatic nitrogens is 1. The lowest BCUT2D eigenvalue weighted by Gasteiger charge is -2.21. The molecule has 33 heavy (non-hydrogen) atoms. The molecular formula is C25H32N4O2S2. The predicted octanol–water partition coefficient (Wildman–Crippen LogP) is 6.55. The minimum Gasteiger partial charge on any atom is -0.447 e. The summed E-state index contributed by atoms with van der Waals surface area (Å²) in [5.74, 6) is 0. The minimum absolute atomic E-state index is 0.0504. The summed E-state index contributed by atoms with van der Waals surface area (Å²) < 4.78 is 8.67. The zero-order valence-corrected chi connectivity index (χ0v) is 21.6. The summed E-state index contributed by atoms with van der Waals surface area (Å²) in [4.78, 5) is 18.7. The molecule has 3 aromatic rings. The average Bonchev–Trinajstić information content (AvgIpc) is 3.25. The molecule has 0 aliphatic heterocycles. The summed E-state index contributed by atoms with van der Waals surface area (Å²) in [6.07, 6.45) is 1.37. The van der Waals surface area contributed by atoms with Crippen molar-refractivity contribution in [3.63, 3.8) is 0 Å². The Bertz CT molecular complexity index is 1070. The van der Waals surface area contributed by atoms with Gasteiger partial charge in [0.2, 0.25) is 0 Å². The maximum atomic E-state index is 11.9. The Balaban J connectivity index is 1.85. The average molecular weight is 485 g/mol. The van der Waals surface area contributed by atoms with E-state index in [9.17, 15) is 4.79 Å². The topological polar surface area (TPSA) is 75.3 Å². The van der Waals surface area contributed by atoms with E-state index in [4.69, 9.17) is 4.74 Å². The summed E-state index contributed by atoms with van der Waals surface area (Å²) >= 11 is 3.26. The monoisotopic (exact) mass is 484 g/mol. The highest BCUT2D eigenvalue weighted by atomic mass is 32.2. The van der Waals surface area contributed by atoms with Crippen LogP contribution < -0.4 is 15.4 Å². The summed E-state index contributed by atoms with van der Waals surface area (Å²) in [6.45, 7) is 10.5. The Morgan fingerprint density at radius 2 is 1.88 bits per heavy atom. The molecule has 1 amide bonds. The van der Waals surface area contributed by atoms with Gasteiger partial charge in [-0.25, -0.2) is 9.78 Å². The van der Waals surface area contributed by atoms with Crippen LogP contribution in [0, 0.1) is 0 Å². The van der Waals surface area contributed by atoms with Crippen molar-refractivity contribution in [2.75, 3.05) is 12.4 Å². The SMILES string of the molecule is CNc1ccc(-c2ncc(-c3ccc(CNC(=O)OC(C)C)cc3SNC(C)(C)C)s2)cc1. The van der Waals surface area contributed by atoms with Gasteiger partial charge in [-0.2, -0.15) is 0 Å². The summed E-state index contributed by atoms with van der Waals surface area (Å²) in [6, 6.07) is 14.5. The van der Waals surface area contributed by atoms with Crippen molar-refractivity contribution in [2.24, 2.45) is 0 Å². The highest BCUT2D eigenvalue weighted by Crippen LogP contribution is 2.38. The Hall–Kier alpha value is -2.55. The first-order valence-electron chi connectivity index (χ1n) is 10.9. The number of nitrogens with one attached hydrogen (secondary N) is 3. The molecule has 0 atom stereocenters. The standard InChI is InChI=1S/C25H32N4O2S2/c1-16(2)31-24(30)28-14-17-7-12-20(21(13-17)33-29-25(3,4)5)22-15-27-23(32-22)18-8-10-19(26-6)11-9-18/h7-13,15-16,26,29H,14H2,1-6H3,(H,28,30). The van der Waals surface area contributed by atoms with E-state index in [1.807, 2.05) is 33.2 Å². The fraction of sp³-hybridized carbons (Fsp3) is 0.360. The molecule has 0 unspecified atom stereocenters. The van der Waals surface area contributed by atoms with Gasteiger partial charge in [0, 0.05) is 47.0 Å². The molecule has 0 saturated heterocycles. The van der Waals surface area contributed by atoms with Crippen LogP contribution in [0.2, 0.25) is 0 Å². The van der Waals surface area contributed by atoms with Crippen molar-refractivity contribution in [3.05, 3.63) is 54.2 Å². The number of hydrogen-bond acceptors (Lipinski definition) is 7. The molecule has 3 rings (SSSR count). The number of nitrogens with zero attached hydrogens (tertiary/aromatic N) is 1. The van der Waals surface area contributed by atoms with Crippen molar-refractivity contribution in [1.82, 2.24) is 15.0 Å². The fourth-order valence-corrected chi connectivity index (χ4v) is 4.85. The molecule has 0 radical (unpaired) electrons. The van der Waals surface area contributed by atoms with Gasteiger partial charge in [0.15, 0.2) is 0 Å². The number of ether oxygens (including phenoxy) is 1.